The van der Waals surface area contributed by atoms with Gasteiger partial charge in [-0.2, -0.15) is 0 Å². The second kappa shape index (κ2) is 15.9. The van der Waals surface area contributed by atoms with E-state index in [1.54, 1.807) is 24.3 Å². The molecule has 3 atom stereocenters. The Bertz CT molecular complexity index is 1060. The SMILES string of the molecule is NC(=O)CNC(=O)C1=C[C@@H](NC(=O)Nc2ccccc2Br)[C@@H](OC(=O)NCCCl)[C@H](OC(=O)NCCCl)C1. The van der Waals surface area contributed by atoms with E-state index in [2.05, 4.69) is 42.5 Å². The van der Waals surface area contributed by atoms with Crippen LogP contribution in [0, 0.1) is 0 Å². The molecule has 2 rings (SSSR count). The molecule has 0 saturated carbocycles. The summed E-state index contributed by atoms with van der Waals surface area (Å²) in [5.74, 6) is -1.24. The van der Waals surface area contributed by atoms with Gasteiger partial charge in [-0.05, 0) is 34.1 Å². The van der Waals surface area contributed by atoms with Gasteiger partial charge in [-0.25, -0.2) is 14.4 Å². The molecule has 0 saturated heterocycles. The lowest BCUT2D eigenvalue weighted by atomic mass is 9.89. The second-order valence-electron chi connectivity index (χ2n) is 7.69. The largest absolute Gasteiger partial charge is 0.442 e. The van der Waals surface area contributed by atoms with E-state index in [0.29, 0.717) is 10.2 Å². The molecule has 0 aromatic heterocycles. The molecule has 13 nitrogen and oxygen atoms in total. The summed E-state index contributed by atoms with van der Waals surface area (Å²) >= 11 is 14.5. The molecular weight excluding hydrogens is 611 g/mol. The number of halogens is 3. The maximum Gasteiger partial charge on any atom is 0.407 e. The van der Waals surface area contributed by atoms with Gasteiger partial charge in [0.2, 0.25) is 11.8 Å². The number of ether oxygens (including phenoxy) is 2. The number of carbonyl (C=O) groups excluding carboxylic acids is 5. The number of nitrogens with two attached hydrogens (primary N) is 1. The third kappa shape index (κ3) is 10.3. The van der Waals surface area contributed by atoms with Crippen molar-refractivity contribution in [3.63, 3.8) is 0 Å². The third-order valence-electron chi connectivity index (χ3n) is 4.89. The summed E-state index contributed by atoms with van der Waals surface area (Å²) in [7, 11) is 0. The van der Waals surface area contributed by atoms with Crippen LogP contribution in [0.15, 0.2) is 40.4 Å². The summed E-state index contributed by atoms with van der Waals surface area (Å²) in [5.41, 5.74) is 5.59. The fourth-order valence-corrected chi connectivity index (χ4v) is 3.86. The van der Waals surface area contributed by atoms with Gasteiger partial charge in [0.05, 0.1) is 18.3 Å². The van der Waals surface area contributed by atoms with Crippen molar-refractivity contribution >= 4 is 74.9 Å². The number of alkyl halides is 2. The lowest BCUT2D eigenvalue weighted by Crippen LogP contribution is -2.56. The summed E-state index contributed by atoms with van der Waals surface area (Å²) in [4.78, 5) is 61.4. The molecule has 1 aromatic rings. The quantitative estimate of drug-likeness (QED) is 0.198. The van der Waals surface area contributed by atoms with Crippen molar-refractivity contribution in [2.45, 2.75) is 24.7 Å². The monoisotopic (exact) mass is 636 g/mol. The number of primary amides is 1. The Kier molecular flexibility index (Phi) is 13.0. The first-order valence-electron chi connectivity index (χ1n) is 11.2. The highest BCUT2D eigenvalue weighted by atomic mass is 79.9. The molecule has 7 N–H and O–H groups in total. The summed E-state index contributed by atoms with van der Waals surface area (Å²) in [6, 6.07) is 4.97. The van der Waals surface area contributed by atoms with Gasteiger partial charge in [-0.1, -0.05) is 12.1 Å². The van der Waals surface area contributed by atoms with Crippen molar-refractivity contribution in [2.75, 3.05) is 36.7 Å². The van der Waals surface area contributed by atoms with E-state index in [0.717, 1.165) is 0 Å². The van der Waals surface area contributed by atoms with Crippen molar-refractivity contribution in [1.82, 2.24) is 21.3 Å². The van der Waals surface area contributed by atoms with Gasteiger partial charge in [0.1, 0.15) is 6.10 Å². The zero-order valence-corrected chi connectivity index (χ0v) is 23.0. The van der Waals surface area contributed by atoms with Crippen LogP contribution in [0.4, 0.5) is 20.1 Å². The van der Waals surface area contributed by atoms with Gasteiger partial charge in [-0.3, -0.25) is 9.59 Å². The molecule has 1 aliphatic carbocycles. The van der Waals surface area contributed by atoms with E-state index in [-0.39, 0.29) is 36.8 Å². The van der Waals surface area contributed by atoms with Gasteiger partial charge in [0.25, 0.3) is 0 Å². The molecule has 0 bridgehead atoms. The average Bonchev–Trinajstić information content (AvgIpc) is 2.87. The number of carbonyl (C=O) groups is 5. The molecule has 38 heavy (non-hydrogen) atoms. The standard InChI is InChI=1S/C22H27BrCl2N6O7/c23-13-3-1-2-4-14(13)30-20(34)31-15-9-12(19(33)29-11-17(26)32)10-16(37-21(35)27-7-5-24)18(15)38-22(36)28-8-6-25/h1-4,9,15-16,18H,5-8,10-11H2,(H2,26,32)(H,27,35)(H,28,36)(H,29,33)(H2,30,31,34)/t15-,16-,18-/m1/s1. The van der Waals surface area contributed by atoms with Gasteiger partial charge in [0.15, 0.2) is 6.10 Å². The Morgan fingerprint density at radius 1 is 0.974 bits per heavy atom. The molecular formula is C22H27BrCl2N6O7. The molecule has 0 unspecified atom stereocenters. The van der Waals surface area contributed by atoms with Crippen LogP contribution in [0.1, 0.15) is 6.42 Å². The molecule has 6 amide bonds. The van der Waals surface area contributed by atoms with E-state index in [4.69, 9.17) is 38.4 Å². The highest BCUT2D eigenvalue weighted by Gasteiger charge is 2.41. The van der Waals surface area contributed by atoms with Crippen LogP contribution in [-0.4, -0.2) is 79.7 Å². The number of nitrogens with one attached hydrogen (secondary N) is 5. The first kappa shape index (κ1) is 31.0. The number of anilines is 1. The summed E-state index contributed by atoms with van der Waals surface area (Å²) in [5, 5.41) is 12.4. The van der Waals surface area contributed by atoms with Crippen LogP contribution in [0.2, 0.25) is 0 Å². The van der Waals surface area contributed by atoms with Crippen LogP contribution in [-0.2, 0) is 19.1 Å². The van der Waals surface area contributed by atoms with Crippen molar-refractivity contribution in [1.29, 1.82) is 0 Å². The number of alkyl carbamates (subject to hydrolysis) is 2. The number of hydrogen-bond donors (Lipinski definition) is 6. The van der Waals surface area contributed by atoms with Crippen molar-refractivity contribution in [3.05, 3.63) is 40.4 Å². The lowest BCUT2D eigenvalue weighted by molar-refractivity contribution is -0.123. The highest BCUT2D eigenvalue weighted by Crippen LogP contribution is 2.26. The Hall–Kier alpha value is -3.23. The topological polar surface area (TPSA) is 190 Å². The van der Waals surface area contributed by atoms with Crippen LogP contribution in [0.5, 0.6) is 0 Å². The van der Waals surface area contributed by atoms with Gasteiger partial charge in [0, 0.05) is 41.3 Å². The van der Waals surface area contributed by atoms with Crippen molar-refractivity contribution in [3.8, 4) is 0 Å². The third-order valence-corrected chi connectivity index (χ3v) is 5.96. The average molecular weight is 638 g/mol. The predicted molar refractivity (Wildman–Crippen MR) is 143 cm³/mol. The molecule has 0 radical (unpaired) electrons. The minimum absolute atomic E-state index is 0.0496. The zero-order valence-electron chi connectivity index (χ0n) is 19.9. The van der Waals surface area contributed by atoms with Crippen molar-refractivity contribution < 1.29 is 33.4 Å². The number of urea groups is 1. The second-order valence-corrected chi connectivity index (χ2v) is 9.30. The molecule has 16 heteroatoms. The highest BCUT2D eigenvalue weighted by molar-refractivity contribution is 9.10. The summed E-state index contributed by atoms with van der Waals surface area (Å²) in [6.07, 6.45) is -3.13. The van der Waals surface area contributed by atoms with E-state index in [9.17, 15) is 24.0 Å². The Labute approximate surface area is 236 Å². The Morgan fingerprint density at radius 2 is 1.61 bits per heavy atom. The number of para-hydroxylation sites is 1. The fourth-order valence-electron chi connectivity index (χ4n) is 3.29. The lowest BCUT2D eigenvalue weighted by Gasteiger charge is -2.36. The smallest absolute Gasteiger partial charge is 0.407 e. The molecule has 0 heterocycles. The van der Waals surface area contributed by atoms with E-state index < -0.39 is 54.8 Å². The fraction of sp³-hybridized carbons (Fsp3) is 0.409. The predicted octanol–water partition coefficient (Wildman–Crippen LogP) is 1.54. The maximum absolute atomic E-state index is 12.9. The summed E-state index contributed by atoms with van der Waals surface area (Å²) in [6.45, 7) is -0.266. The van der Waals surface area contributed by atoms with Crippen LogP contribution < -0.4 is 32.3 Å². The zero-order chi connectivity index (χ0) is 28.1. The number of hydrogen-bond acceptors (Lipinski definition) is 7. The number of benzene rings is 1. The van der Waals surface area contributed by atoms with Gasteiger partial charge < -0.3 is 41.8 Å². The van der Waals surface area contributed by atoms with E-state index >= 15 is 0 Å². The molecule has 1 aromatic carbocycles. The van der Waals surface area contributed by atoms with Crippen LogP contribution in [0.3, 0.4) is 0 Å². The van der Waals surface area contributed by atoms with E-state index in [1.165, 1.54) is 6.08 Å². The first-order valence-corrected chi connectivity index (χ1v) is 13.1. The minimum atomic E-state index is -1.26. The maximum atomic E-state index is 12.9. The molecule has 208 valence electrons. The number of amides is 6. The van der Waals surface area contributed by atoms with Crippen LogP contribution in [0.25, 0.3) is 0 Å². The van der Waals surface area contributed by atoms with Gasteiger partial charge >= 0.3 is 18.2 Å². The van der Waals surface area contributed by atoms with Crippen LogP contribution >= 0.6 is 39.1 Å². The summed E-state index contributed by atoms with van der Waals surface area (Å²) < 4.78 is 11.5. The Morgan fingerprint density at radius 3 is 2.21 bits per heavy atom. The van der Waals surface area contributed by atoms with Crippen molar-refractivity contribution in [2.24, 2.45) is 5.73 Å². The van der Waals surface area contributed by atoms with E-state index in [1.807, 2.05) is 0 Å². The minimum Gasteiger partial charge on any atom is -0.442 e. The molecule has 0 fully saturated rings. The Balaban J connectivity index is 2.36. The van der Waals surface area contributed by atoms with Gasteiger partial charge in [-0.15, -0.1) is 23.2 Å². The molecule has 0 aliphatic heterocycles. The number of rotatable bonds is 11. The first-order chi connectivity index (χ1) is 18.1. The normalized spacial score (nSPS) is 18.3. The molecule has 0 spiro atoms. The molecule has 1 aliphatic rings.